The Labute approximate surface area is 216 Å². The van der Waals surface area contributed by atoms with E-state index < -0.39 is 47.7 Å². The predicted octanol–water partition coefficient (Wildman–Crippen LogP) is -0.123. The van der Waals surface area contributed by atoms with Crippen LogP contribution in [0.2, 0.25) is 0 Å². The first-order valence-corrected chi connectivity index (χ1v) is 12.1. The number of carbonyl (C=O) groups excluding carboxylic acids is 5. The minimum absolute atomic E-state index is 0.207. The van der Waals surface area contributed by atoms with E-state index in [2.05, 4.69) is 16.0 Å². The SMILES string of the molecule is C[C@@H]1NC(=O)[C@@H](Cc2ccccc2)N(C)C(=O)[C@@H](Cc2ccccc2)N(C)C(=O)CNC(=O)CNC1=O. The zero-order valence-electron chi connectivity index (χ0n) is 21.3. The monoisotopic (exact) mass is 507 g/mol. The largest absolute Gasteiger partial charge is 0.345 e. The molecule has 0 aliphatic carbocycles. The van der Waals surface area contributed by atoms with Crippen molar-refractivity contribution >= 4 is 29.5 Å². The van der Waals surface area contributed by atoms with Gasteiger partial charge in [-0.05, 0) is 18.1 Å². The molecule has 1 heterocycles. The quantitative estimate of drug-likeness (QED) is 0.532. The van der Waals surface area contributed by atoms with E-state index in [0.717, 1.165) is 11.1 Å². The Bertz CT molecular complexity index is 1120. The molecule has 2 aromatic rings. The predicted molar refractivity (Wildman–Crippen MR) is 137 cm³/mol. The second-order valence-electron chi connectivity index (χ2n) is 9.09. The van der Waals surface area contributed by atoms with E-state index in [1.165, 1.54) is 30.8 Å². The van der Waals surface area contributed by atoms with Crippen LogP contribution in [-0.4, -0.2) is 84.6 Å². The maximum atomic E-state index is 13.9. The first-order valence-electron chi connectivity index (χ1n) is 12.1. The summed E-state index contributed by atoms with van der Waals surface area (Å²) in [6.45, 7) is 0.809. The molecule has 1 fully saturated rings. The molecule has 0 unspecified atom stereocenters. The van der Waals surface area contributed by atoms with Gasteiger partial charge in [0.1, 0.15) is 18.1 Å². The second-order valence-corrected chi connectivity index (χ2v) is 9.09. The van der Waals surface area contributed by atoms with Gasteiger partial charge in [-0.25, -0.2) is 0 Å². The van der Waals surface area contributed by atoms with Crippen LogP contribution in [0.3, 0.4) is 0 Å². The van der Waals surface area contributed by atoms with Gasteiger partial charge in [0, 0.05) is 26.9 Å². The smallest absolute Gasteiger partial charge is 0.246 e. The van der Waals surface area contributed by atoms with Crippen LogP contribution in [-0.2, 0) is 36.8 Å². The van der Waals surface area contributed by atoms with Gasteiger partial charge in [-0.1, -0.05) is 60.7 Å². The molecule has 0 aromatic heterocycles. The van der Waals surface area contributed by atoms with Crippen molar-refractivity contribution in [1.29, 1.82) is 0 Å². The Morgan fingerprint density at radius 1 is 0.703 bits per heavy atom. The van der Waals surface area contributed by atoms with Gasteiger partial charge in [-0.15, -0.1) is 0 Å². The first kappa shape index (κ1) is 27.4. The van der Waals surface area contributed by atoms with Gasteiger partial charge in [-0.2, -0.15) is 0 Å². The third-order valence-electron chi connectivity index (χ3n) is 6.42. The minimum atomic E-state index is -0.948. The summed E-state index contributed by atoms with van der Waals surface area (Å²) in [5.41, 5.74) is 1.67. The number of carbonyl (C=O) groups is 5. The fourth-order valence-corrected chi connectivity index (χ4v) is 4.09. The molecule has 5 amide bonds. The van der Waals surface area contributed by atoms with E-state index in [1.54, 1.807) is 0 Å². The molecule has 3 rings (SSSR count). The van der Waals surface area contributed by atoms with Gasteiger partial charge in [0.2, 0.25) is 29.5 Å². The summed E-state index contributed by atoms with van der Waals surface area (Å²) in [7, 11) is 3.03. The van der Waals surface area contributed by atoms with Crippen molar-refractivity contribution in [1.82, 2.24) is 25.8 Å². The summed E-state index contributed by atoms with van der Waals surface area (Å²) in [5.74, 6) is -2.55. The molecule has 1 aliphatic heterocycles. The second kappa shape index (κ2) is 12.7. The van der Waals surface area contributed by atoms with Crippen LogP contribution in [0.25, 0.3) is 0 Å². The number of likely N-dealkylation sites (N-methyl/N-ethyl adjacent to an activating group) is 2. The average molecular weight is 508 g/mol. The van der Waals surface area contributed by atoms with Gasteiger partial charge in [-0.3, -0.25) is 24.0 Å². The maximum absolute atomic E-state index is 13.9. The molecule has 1 aliphatic rings. The number of nitrogens with zero attached hydrogens (tertiary/aromatic N) is 2. The van der Waals surface area contributed by atoms with Crippen molar-refractivity contribution in [3.63, 3.8) is 0 Å². The standard InChI is InChI=1S/C27H33N5O5/c1-18-25(35)29-16-23(33)28-17-24(34)31(2)22(15-20-12-8-5-9-13-20)27(37)32(3)21(26(36)30-18)14-19-10-6-4-7-11-19/h4-13,18,21-22H,14-17H2,1-3H3,(H,28,33)(H,29,35)(H,30,36)/t18-,21+,22+/m0/s1. The number of amides is 5. The Morgan fingerprint density at radius 3 is 1.81 bits per heavy atom. The number of hydrogen-bond donors (Lipinski definition) is 3. The zero-order chi connectivity index (χ0) is 26.9. The summed E-state index contributed by atoms with van der Waals surface area (Å²) in [4.78, 5) is 67.5. The average Bonchev–Trinajstić information content (AvgIpc) is 2.91. The van der Waals surface area contributed by atoms with E-state index in [-0.39, 0.29) is 25.9 Å². The molecule has 0 radical (unpaired) electrons. The number of benzene rings is 2. The first-order chi connectivity index (χ1) is 17.7. The molecule has 10 heteroatoms. The molecule has 1 saturated heterocycles. The zero-order valence-corrected chi connectivity index (χ0v) is 21.3. The summed E-state index contributed by atoms with van der Waals surface area (Å²) >= 11 is 0. The minimum Gasteiger partial charge on any atom is -0.345 e. The third kappa shape index (κ3) is 7.39. The molecule has 0 bridgehead atoms. The molecule has 0 saturated carbocycles. The van der Waals surface area contributed by atoms with E-state index in [1.807, 2.05) is 60.7 Å². The Hall–Kier alpha value is -4.21. The highest BCUT2D eigenvalue weighted by Crippen LogP contribution is 2.16. The van der Waals surface area contributed by atoms with Crippen LogP contribution in [0.15, 0.2) is 60.7 Å². The lowest BCUT2D eigenvalue weighted by atomic mass is 10.00. The molecule has 3 N–H and O–H groups in total. The fourth-order valence-electron chi connectivity index (χ4n) is 4.09. The molecule has 3 atom stereocenters. The number of hydrogen-bond acceptors (Lipinski definition) is 5. The molecule has 2 aromatic carbocycles. The van der Waals surface area contributed by atoms with E-state index in [9.17, 15) is 24.0 Å². The van der Waals surface area contributed by atoms with Crippen molar-refractivity contribution in [3.8, 4) is 0 Å². The summed E-state index contributed by atoms with van der Waals surface area (Å²) in [6, 6.07) is 15.7. The van der Waals surface area contributed by atoms with Crippen molar-refractivity contribution < 1.29 is 24.0 Å². The van der Waals surface area contributed by atoms with Crippen LogP contribution >= 0.6 is 0 Å². The summed E-state index contributed by atoms with van der Waals surface area (Å²) < 4.78 is 0. The van der Waals surface area contributed by atoms with Gasteiger partial charge < -0.3 is 25.8 Å². The Morgan fingerprint density at radius 2 is 1.24 bits per heavy atom. The van der Waals surface area contributed by atoms with Crippen LogP contribution in [0, 0.1) is 0 Å². The Kier molecular flexibility index (Phi) is 9.37. The van der Waals surface area contributed by atoms with E-state index >= 15 is 0 Å². The van der Waals surface area contributed by atoms with Gasteiger partial charge in [0.25, 0.3) is 0 Å². The van der Waals surface area contributed by atoms with Gasteiger partial charge in [0.05, 0.1) is 13.1 Å². The fraction of sp³-hybridized carbons (Fsp3) is 0.370. The number of rotatable bonds is 4. The molecule has 196 valence electrons. The van der Waals surface area contributed by atoms with E-state index in [4.69, 9.17) is 0 Å². The Balaban J connectivity index is 1.99. The molecular formula is C27H33N5O5. The van der Waals surface area contributed by atoms with Crippen molar-refractivity contribution in [2.45, 2.75) is 37.9 Å². The highest BCUT2D eigenvalue weighted by molar-refractivity contribution is 5.96. The maximum Gasteiger partial charge on any atom is 0.246 e. The lowest BCUT2D eigenvalue weighted by Gasteiger charge is -2.35. The molecule has 37 heavy (non-hydrogen) atoms. The van der Waals surface area contributed by atoms with Crippen LogP contribution in [0.5, 0.6) is 0 Å². The summed E-state index contributed by atoms with van der Waals surface area (Å²) in [5, 5.41) is 7.59. The lowest BCUT2D eigenvalue weighted by Crippen LogP contribution is -2.58. The molecule has 0 spiro atoms. The third-order valence-corrected chi connectivity index (χ3v) is 6.42. The summed E-state index contributed by atoms with van der Waals surface area (Å²) in [6.07, 6.45) is 0.426. The highest BCUT2D eigenvalue weighted by Gasteiger charge is 2.36. The molecule has 10 nitrogen and oxygen atoms in total. The van der Waals surface area contributed by atoms with Crippen LogP contribution in [0.4, 0.5) is 0 Å². The molecular weight excluding hydrogens is 474 g/mol. The van der Waals surface area contributed by atoms with Gasteiger partial charge in [0.15, 0.2) is 0 Å². The van der Waals surface area contributed by atoms with Crippen molar-refractivity contribution in [3.05, 3.63) is 71.8 Å². The van der Waals surface area contributed by atoms with Crippen molar-refractivity contribution in [2.24, 2.45) is 0 Å². The van der Waals surface area contributed by atoms with Crippen LogP contribution < -0.4 is 16.0 Å². The lowest BCUT2D eigenvalue weighted by molar-refractivity contribution is -0.147. The van der Waals surface area contributed by atoms with Gasteiger partial charge >= 0.3 is 0 Å². The van der Waals surface area contributed by atoms with E-state index in [0.29, 0.717) is 0 Å². The normalized spacial score (nSPS) is 22.5. The topological polar surface area (TPSA) is 128 Å². The van der Waals surface area contributed by atoms with Crippen molar-refractivity contribution in [2.75, 3.05) is 27.2 Å². The number of nitrogens with one attached hydrogen (secondary N) is 3. The van der Waals surface area contributed by atoms with Crippen LogP contribution in [0.1, 0.15) is 18.1 Å². The highest BCUT2D eigenvalue weighted by atomic mass is 16.2.